The van der Waals surface area contributed by atoms with Crippen molar-refractivity contribution in [2.24, 2.45) is 0 Å². The van der Waals surface area contributed by atoms with Crippen molar-refractivity contribution in [3.8, 4) is 0 Å². The molecule has 2 aromatic rings. The number of rotatable bonds is 2. The van der Waals surface area contributed by atoms with Crippen molar-refractivity contribution >= 4 is 33.5 Å². The molecule has 0 saturated heterocycles. The van der Waals surface area contributed by atoms with Gasteiger partial charge in [-0.1, -0.05) is 0 Å². The predicted octanol–water partition coefficient (Wildman–Crippen LogP) is 5.72. The molecule has 11 heteroatoms. The van der Waals surface area contributed by atoms with Crippen LogP contribution in [0.2, 0.25) is 0 Å². The van der Waals surface area contributed by atoms with Crippen LogP contribution in [0.25, 0.3) is 0 Å². The standard InChI is InChI=1S/C13H7BrF6N2O2/c14-9-1-2-10(24-9)22-11(23)21-8-4-6(12(15,16)17)3-7(5-8)13(18,19)20/h1-5H,(H2,21,22,23). The Morgan fingerprint density at radius 3 is 1.88 bits per heavy atom. The molecule has 0 atom stereocenters. The second-order valence-corrected chi connectivity index (χ2v) is 5.26. The first kappa shape index (κ1) is 18.2. The Labute approximate surface area is 138 Å². The summed E-state index contributed by atoms with van der Waals surface area (Å²) in [7, 11) is 0. The van der Waals surface area contributed by atoms with Crippen LogP contribution in [0.15, 0.2) is 39.4 Å². The van der Waals surface area contributed by atoms with Crippen molar-refractivity contribution in [2.45, 2.75) is 12.4 Å². The van der Waals surface area contributed by atoms with E-state index in [1.54, 1.807) is 0 Å². The number of furan rings is 1. The predicted molar refractivity (Wildman–Crippen MR) is 75.5 cm³/mol. The number of urea groups is 1. The summed E-state index contributed by atoms with van der Waals surface area (Å²) in [6.07, 6.45) is -10.00. The lowest BCUT2D eigenvalue weighted by atomic mass is 10.1. The van der Waals surface area contributed by atoms with Crippen LogP contribution in [0.3, 0.4) is 0 Å². The molecule has 0 bridgehead atoms. The third-order valence-electron chi connectivity index (χ3n) is 2.66. The maximum absolute atomic E-state index is 12.7. The highest BCUT2D eigenvalue weighted by Gasteiger charge is 2.37. The number of carbonyl (C=O) groups excluding carboxylic acids is 1. The molecule has 1 heterocycles. The maximum atomic E-state index is 12.7. The van der Waals surface area contributed by atoms with E-state index in [1.807, 2.05) is 5.32 Å². The van der Waals surface area contributed by atoms with Gasteiger partial charge in [0.1, 0.15) is 0 Å². The number of benzene rings is 1. The van der Waals surface area contributed by atoms with Crippen LogP contribution in [-0.2, 0) is 12.4 Å². The molecule has 2 rings (SSSR count). The molecule has 0 aliphatic carbocycles. The number of halogens is 7. The molecule has 0 radical (unpaired) electrons. The number of amides is 2. The van der Waals surface area contributed by atoms with Gasteiger partial charge >= 0.3 is 18.4 Å². The van der Waals surface area contributed by atoms with E-state index >= 15 is 0 Å². The first-order chi connectivity index (χ1) is 10.9. The molecule has 24 heavy (non-hydrogen) atoms. The fourth-order valence-electron chi connectivity index (χ4n) is 1.68. The minimum atomic E-state index is -5.00. The van der Waals surface area contributed by atoms with Crippen LogP contribution in [0.4, 0.5) is 42.7 Å². The van der Waals surface area contributed by atoms with Crippen molar-refractivity contribution in [1.29, 1.82) is 0 Å². The normalized spacial score (nSPS) is 12.1. The van der Waals surface area contributed by atoms with E-state index in [9.17, 15) is 31.1 Å². The van der Waals surface area contributed by atoms with Gasteiger partial charge < -0.3 is 9.73 Å². The smallest absolute Gasteiger partial charge is 0.416 e. The highest BCUT2D eigenvalue weighted by molar-refractivity contribution is 9.10. The van der Waals surface area contributed by atoms with Gasteiger partial charge in [0, 0.05) is 11.8 Å². The minimum absolute atomic E-state index is 0.0350. The van der Waals surface area contributed by atoms with Crippen LogP contribution in [0.5, 0.6) is 0 Å². The Kier molecular flexibility index (Phi) is 4.83. The van der Waals surface area contributed by atoms with Crippen molar-refractivity contribution in [3.63, 3.8) is 0 Å². The Bertz CT molecular complexity index is 721. The summed E-state index contributed by atoms with van der Waals surface area (Å²) in [6, 6.07) is 2.45. The molecule has 1 aromatic carbocycles. The molecule has 0 saturated carbocycles. The molecule has 0 spiro atoms. The van der Waals surface area contributed by atoms with E-state index in [-0.39, 0.29) is 16.6 Å². The summed E-state index contributed by atoms with van der Waals surface area (Å²) < 4.78 is 81.5. The van der Waals surface area contributed by atoms with E-state index in [2.05, 4.69) is 21.2 Å². The Morgan fingerprint density at radius 1 is 0.917 bits per heavy atom. The highest BCUT2D eigenvalue weighted by atomic mass is 79.9. The number of nitrogens with one attached hydrogen (secondary N) is 2. The van der Waals surface area contributed by atoms with E-state index in [4.69, 9.17) is 4.42 Å². The molecule has 130 valence electrons. The summed E-state index contributed by atoms with van der Waals surface area (Å²) in [5.41, 5.74) is -3.73. The van der Waals surface area contributed by atoms with E-state index in [0.717, 1.165) is 0 Å². The number of anilines is 2. The highest BCUT2D eigenvalue weighted by Crippen LogP contribution is 2.37. The zero-order chi connectivity index (χ0) is 18.1. The van der Waals surface area contributed by atoms with Gasteiger partial charge in [0.25, 0.3) is 0 Å². The van der Waals surface area contributed by atoms with Gasteiger partial charge in [0.05, 0.1) is 11.1 Å². The Balaban J connectivity index is 2.26. The number of alkyl halides is 6. The zero-order valence-electron chi connectivity index (χ0n) is 11.3. The maximum Gasteiger partial charge on any atom is 0.416 e. The zero-order valence-corrected chi connectivity index (χ0v) is 12.9. The molecular formula is C13H7BrF6N2O2. The first-order valence-electron chi connectivity index (χ1n) is 6.08. The molecule has 0 aliphatic rings. The van der Waals surface area contributed by atoms with Gasteiger partial charge in [-0.2, -0.15) is 26.3 Å². The monoisotopic (exact) mass is 416 g/mol. The lowest BCUT2D eigenvalue weighted by Gasteiger charge is -2.14. The molecule has 2 amide bonds. The number of carbonyl (C=O) groups is 1. The summed E-state index contributed by atoms with van der Waals surface area (Å²) in [4.78, 5) is 11.7. The molecule has 2 N–H and O–H groups in total. The molecule has 4 nitrogen and oxygen atoms in total. The van der Waals surface area contributed by atoms with Gasteiger partial charge in [-0.15, -0.1) is 0 Å². The molecule has 0 aliphatic heterocycles. The van der Waals surface area contributed by atoms with Crippen LogP contribution in [-0.4, -0.2) is 6.03 Å². The SMILES string of the molecule is O=C(Nc1cc(C(F)(F)F)cc(C(F)(F)F)c1)Nc1ccc(Br)o1. The summed E-state index contributed by atoms with van der Waals surface area (Å²) in [5, 5.41) is 4.02. The third-order valence-corrected chi connectivity index (χ3v) is 3.08. The average molecular weight is 417 g/mol. The van der Waals surface area contributed by atoms with E-state index in [1.165, 1.54) is 12.1 Å². The lowest BCUT2D eigenvalue weighted by molar-refractivity contribution is -0.143. The molecule has 0 unspecified atom stereocenters. The van der Waals surface area contributed by atoms with Crippen LogP contribution in [0, 0.1) is 0 Å². The molecule has 1 aromatic heterocycles. The molecular weight excluding hydrogens is 410 g/mol. The summed E-state index contributed by atoms with van der Waals surface area (Å²) in [5.74, 6) is -0.0533. The molecule has 0 fully saturated rings. The van der Waals surface area contributed by atoms with Gasteiger partial charge in [0.15, 0.2) is 4.67 Å². The topological polar surface area (TPSA) is 54.3 Å². The van der Waals surface area contributed by atoms with E-state index < -0.39 is 35.2 Å². The Morgan fingerprint density at radius 2 is 1.46 bits per heavy atom. The van der Waals surface area contributed by atoms with Crippen molar-refractivity contribution in [3.05, 3.63) is 46.1 Å². The van der Waals surface area contributed by atoms with Gasteiger partial charge in [0.2, 0.25) is 5.88 Å². The van der Waals surface area contributed by atoms with Crippen molar-refractivity contribution in [1.82, 2.24) is 0 Å². The van der Waals surface area contributed by atoms with Gasteiger partial charge in [-0.3, -0.25) is 5.32 Å². The van der Waals surface area contributed by atoms with Crippen LogP contribution < -0.4 is 10.6 Å². The van der Waals surface area contributed by atoms with Crippen LogP contribution >= 0.6 is 15.9 Å². The minimum Gasteiger partial charge on any atom is -0.434 e. The second-order valence-electron chi connectivity index (χ2n) is 4.48. The quantitative estimate of drug-likeness (QED) is 0.614. The fourth-order valence-corrected chi connectivity index (χ4v) is 1.99. The summed E-state index contributed by atoms with van der Waals surface area (Å²) >= 11 is 2.96. The average Bonchev–Trinajstić information content (AvgIpc) is 2.81. The van der Waals surface area contributed by atoms with Crippen molar-refractivity contribution in [2.75, 3.05) is 10.6 Å². The largest absolute Gasteiger partial charge is 0.434 e. The number of hydrogen-bond acceptors (Lipinski definition) is 2. The number of hydrogen-bond donors (Lipinski definition) is 2. The first-order valence-corrected chi connectivity index (χ1v) is 6.87. The second kappa shape index (κ2) is 6.38. The Hall–Kier alpha value is -2.17. The summed E-state index contributed by atoms with van der Waals surface area (Å²) in [6.45, 7) is 0. The van der Waals surface area contributed by atoms with Gasteiger partial charge in [-0.25, -0.2) is 4.79 Å². The fraction of sp³-hybridized carbons (Fsp3) is 0.154. The van der Waals surface area contributed by atoms with Gasteiger partial charge in [-0.05, 0) is 40.2 Å². The van der Waals surface area contributed by atoms with Crippen LogP contribution in [0.1, 0.15) is 11.1 Å². The van der Waals surface area contributed by atoms with E-state index in [0.29, 0.717) is 12.1 Å². The lowest BCUT2D eigenvalue weighted by Crippen LogP contribution is -2.20. The third kappa shape index (κ3) is 4.66. The van der Waals surface area contributed by atoms with Crippen molar-refractivity contribution < 1.29 is 35.6 Å².